The molecular formula is C25H19F2NO3S. The molecule has 32 heavy (non-hydrogen) atoms. The topological polar surface area (TPSA) is 46.6 Å². The lowest BCUT2D eigenvalue weighted by Gasteiger charge is -2.16. The molecule has 0 aromatic heterocycles. The van der Waals surface area contributed by atoms with Gasteiger partial charge in [-0.25, -0.2) is 13.7 Å². The molecule has 3 aromatic carbocycles. The number of anilines is 1. The first-order valence-electron chi connectivity index (χ1n) is 9.97. The van der Waals surface area contributed by atoms with Gasteiger partial charge in [0.05, 0.1) is 22.8 Å². The van der Waals surface area contributed by atoms with Gasteiger partial charge < -0.3 is 4.74 Å². The van der Waals surface area contributed by atoms with E-state index in [4.69, 9.17) is 4.74 Å². The van der Waals surface area contributed by atoms with Gasteiger partial charge in [-0.15, -0.1) is 11.8 Å². The van der Waals surface area contributed by atoms with Crippen molar-refractivity contribution in [3.8, 4) is 5.75 Å². The Morgan fingerprint density at radius 3 is 2.28 bits per heavy atom. The molecule has 3 aromatic rings. The maximum Gasteiger partial charge on any atom is 0.272 e. The summed E-state index contributed by atoms with van der Waals surface area (Å²) in [7, 11) is 0. The number of carbonyl (C=O) groups is 2. The van der Waals surface area contributed by atoms with Crippen molar-refractivity contribution in [1.29, 1.82) is 0 Å². The van der Waals surface area contributed by atoms with Crippen molar-refractivity contribution < 1.29 is 23.1 Å². The number of nitrogens with zero attached hydrogens (tertiary/aromatic N) is 1. The number of thioether (sulfide) groups is 1. The lowest BCUT2D eigenvalue weighted by Crippen LogP contribution is -2.32. The van der Waals surface area contributed by atoms with Crippen LogP contribution in [0.4, 0.5) is 14.5 Å². The van der Waals surface area contributed by atoms with Gasteiger partial charge in [0.1, 0.15) is 17.4 Å². The molecule has 2 amide bonds. The first kappa shape index (κ1) is 21.8. The highest BCUT2D eigenvalue weighted by Gasteiger charge is 2.41. The molecule has 4 rings (SSSR count). The molecule has 0 fully saturated rings. The SMILES string of the molecule is CCOc1ccc(C2=C(SCc3ccccc3)C(=O)N(c3ccc(F)cc3F)C2=O)cc1. The molecule has 0 atom stereocenters. The van der Waals surface area contributed by atoms with Crippen LogP contribution in [0.2, 0.25) is 0 Å². The molecule has 0 unspecified atom stereocenters. The molecule has 4 nitrogen and oxygen atoms in total. The van der Waals surface area contributed by atoms with E-state index in [1.165, 1.54) is 11.8 Å². The number of benzene rings is 3. The molecule has 0 N–H and O–H groups in total. The van der Waals surface area contributed by atoms with Crippen LogP contribution in [-0.4, -0.2) is 18.4 Å². The Bertz CT molecular complexity index is 1190. The summed E-state index contributed by atoms with van der Waals surface area (Å²) in [5.74, 6) is -1.97. The van der Waals surface area contributed by atoms with Crippen LogP contribution >= 0.6 is 11.8 Å². The van der Waals surface area contributed by atoms with Crippen molar-refractivity contribution in [3.63, 3.8) is 0 Å². The fraction of sp³-hybridized carbons (Fsp3) is 0.120. The molecule has 0 bridgehead atoms. The van der Waals surface area contributed by atoms with Crippen molar-refractivity contribution in [3.05, 3.63) is 100 Å². The quantitative estimate of drug-likeness (QED) is 0.440. The van der Waals surface area contributed by atoms with Gasteiger partial charge in [0, 0.05) is 11.8 Å². The van der Waals surface area contributed by atoms with Crippen molar-refractivity contribution in [1.82, 2.24) is 0 Å². The Labute approximate surface area is 188 Å². The lowest BCUT2D eigenvalue weighted by atomic mass is 10.1. The molecule has 0 aliphatic carbocycles. The molecule has 0 saturated heterocycles. The molecular weight excluding hydrogens is 432 g/mol. The number of hydrogen-bond acceptors (Lipinski definition) is 4. The standard InChI is InChI=1S/C25H19F2NO3S/c1-2-31-19-11-8-17(9-12-19)22-23(32-15-16-6-4-3-5-7-16)25(30)28(24(22)29)21-13-10-18(26)14-20(21)27/h3-14H,2,15H2,1H3. The van der Waals surface area contributed by atoms with Crippen LogP contribution in [0.3, 0.4) is 0 Å². The minimum Gasteiger partial charge on any atom is -0.494 e. The zero-order chi connectivity index (χ0) is 22.7. The average molecular weight is 451 g/mol. The molecule has 0 radical (unpaired) electrons. The van der Waals surface area contributed by atoms with E-state index >= 15 is 0 Å². The van der Waals surface area contributed by atoms with Gasteiger partial charge in [0.2, 0.25) is 0 Å². The normalized spacial score (nSPS) is 13.8. The van der Waals surface area contributed by atoms with E-state index in [1.54, 1.807) is 24.3 Å². The Morgan fingerprint density at radius 2 is 1.62 bits per heavy atom. The fourth-order valence-electron chi connectivity index (χ4n) is 3.39. The fourth-order valence-corrected chi connectivity index (χ4v) is 4.46. The van der Waals surface area contributed by atoms with Gasteiger partial charge in [0.25, 0.3) is 11.8 Å². The maximum absolute atomic E-state index is 14.5. The van der Waals surface area contributed by atoms with Crippen LogP contribution in [0, 0.1) is 11.6 Å². The number of hydrogen-bond donors (Lipinski definition) is 0. The number of imide groups is 1. The van der Waals surface area contributed by atoms with Crippen molar-refractivity contribution in [2.75, 3.05) is 11.5 Å². The molecule has 1 heterocycles. The van der Waals surface area contributed by atoms with Crippen LogP contribution in [0.25, 0.3) is 5.57 Å². The van der Waals surface area contributed by atoms with Crippen molar-refractivity contribution >= 4 is 34.8 Å². The van der Waals surface area contributed by atoms with Crippen LogP contribution in [0.1, 0.15) is 18.1 Å². The Hall–Kier alpha value is -3.45. The van der Waals surface area contributed by atoms with Crippen LogP contribution in [0.15, 0.2) is 77.7 Å². The molecule has 0 spiro atoms. The molecule has 0 saturated carbocycles. The third kappa shape index (κ3) is 4.29. The minimum absolute atomic E-state index is 0.183. The molecule has 1 aliphatic heterocycles. The highest BCUT2D eigenvalue weighted by Crippen LogP contribution is 2.40. The van der Waals surface area contributed by atoms with E-state index in [-0.39, 0.29) is 16.2 Å². The van der Waals surface area contributed by atoms with E-state index in [0.717, 1.165) is 22.6 Å². The minimum atomic E-state index is -0.980. The summed E-state index contributed by atoms with van der Waals surface area (Å²) in [6.07, 6.45) is 0. The van der Waals surface area contributed by atoms with E-state index in [1.807, 2.05) is 37.3 Å². The summed E-state index contributed by atoms with van der Waals surface area (Å²) in [6.45, 7) is 2.36. The largest absolute Gasteiger partial charge is 0.494 e. The number of carbonyl (C=O) groups excluding carboxylic acids is 2. The monoisotopic (exact) mass is 451 g/mol. The third-order valence-electron chi connectivity index (χ3n) is 4.87. The van der Waals surface area contributed by atoms with Crippen LogP contribution in [-0.2, 0) is 15.3 Å². The molecule has 162 valence electrons. The zero-order valence-corrected chi connectivity index (χ0v) is 18.0. The molecule has 1 aliphatic rings. The number of ether oxygens (including phenoxy) is 1. The summed E-state index contributed by atoms with van der Waals surface area (Å²) in [4.78, 5) is 27.6. The summed E-state index contributed by atoms with van der Waals surface area (Å²) in [5.41, 5.74) is 1.40. The Balaban J connectivity index is 1.74. The van der Waals surface area contributed by atoms with Crippen molar-refractivity contribution in [2.24, 2.45) is 0 Å². The van der Waals surface area contributed by atoms with Gasteiger partial charge in [-0.2, -0.15) is 0 Å². The lowest BCUT2D eigenvalue weighted by molar-refractivity contribution is -0.119. The second kappa shape index (κ2) is 9.36. The zero-order valence-electron chi connectivity index (χ0n) is 17.2. The first-order valence-corrected chi connectivity index (χ1v) is 11.0. The summed E-state index contributed by atoms with van der Waals surface area (Å²) < 4.78 is 33.3. The third-order valence-corrected chi connectivity index (χ3v) is 6.02. The molecule has 7 heteroatoms. The van der Waals surface area contributed by atoms with E-state index < -0.39 is 23.4 Å². The maximum atomic E-state index is 14.5. The smallest absolute Gasteiger partial charge is 0.272 e. The number of halogens is 2. The van der Waals surface area contributed by atoms with Gasteiger partial charge >= 0.3 is 0 Å². The van der Waals surface area contributed by atoms with Gasteiger partial charge in [-0.3, -0.25) is 9.59 Å². The van der Waals surface area contributed by atoms with Crippen LogP contribution in [0.5, 0.6) is 5.75 Å². The van der Waals surface area contributed by atoms with Gasteiger partial charge in [-0.05, 0) is 42.3 Å². The van der Waals surface area contributed by atoms with E-state index in [2.05, 4.69) is 0 Å². The van der Waals surface area contributed by atoms with Gasteiger partial charge in [-0.1, -0.05) is 42.5 Å². The highest BCUT2D eigenvalue weighted by atomic mass is 32.2. The summed E-state index contributed by atoms with van der Waals surface area (Å²) in [6, 6.07) is 19.1. The predicted molar refractivity (Wildman–Crippen MR) is 121 cm³/mol. The summed E-state index contributed by atoms with van der Waals surface area (Å²) >= 11 is 1.21. The predicted octanol–water partition coefficient (Wildman–Crippen LogP) is 5.58. The first-order chi connectivity index (χ1) is 15.5. The Kier molecular flexibility index (Phi) is 6.37. The van der Waals surface area contributed by atoms with E-state index in [9.17, 15) is 18.4 Å². The highest BCUT2D eigenvalue weighted by molar-refractivity contribution is 8.03. The Morgan fingerprint density at radius 1 is 0.906 bits per heavy atom. The summed E-state index contributed by atoms with van der Waals surface area (Å²) in [5, 5.41) is 0. The number of amides is 2. The van der Waals surface area contributed by atoms with Crippen LogP contribution < -0.4 is 9.64 Å². The second-order valence-electron chi connectivity index (χ2n) is 6.98. The number of rotatable bonds is 7. The average Bonchev–Trinajstić information content (AvgIpc) is 3.03. The second-order valence-corrected chi connectivity index (χ2v) is 7.96. The van der Waals surface area contributed by atoms with Gasteiger partial charge in [0.15, 0.2) is 0 Å². The van der Waals surface area contributed by atoms with Crippen molar-refractivity contribution in [2.45, 2.75) is 12.7 Å². The van der Waals surface area contributed by atoms with E-state index in [0.29, 0.717) is 29.7 Å².